The van der Waals surface area contributed by atoms with Crippen molar-refractivity contribution in [3.8, 4) is 11.8 Å². The van der Waals surface area contributed by atoms with Gasteiger partial charge in [0.15, 0.2) is 0 Å². The number of rotatable bonds is 3. The Morgan fingerprint density at radius 2 is 2.20 bits per heavy atom. The van der Waals surface area contributed by atoms with Crippen LogP contribution in [0.3, 0.4) is 0 Å². The fraction of sp³-hybridized carbons (Fsp3) is 0.273. The Morgan fingerprint density at radius 3 is 2.67 bits per heavy atom. The Morgan fingerprint density at radius 1 is 1.53 bits per heavy atom. The average Bonchev–Trinajstić information content (AvgIpc) is 2.17. The fourth-order valence-corrected chi connectivity index (χ4v) is 1.13. The molecule has 0 radical (unpaired) electrons. The number of nitrogens with two attached hydrogens (primary N) is 1. The third-order valence-electron chi connectivity index (χ3n) is 1.75. The van der Waals surface area contributed by atoms with Crippen LogP contribution in [-0.2, 0) is 0 Å². The van der Waals surface area contributed by atoms with Gasteiger partial charge >= 0.3 is 0 Å². The van der Waals surface area contributed by atoms with Crippen molar-refractivity contribution in [1.82, 2.24) is 0 Å². The van der Waals surface area contributed by atoms with Gasteiger partial charge in [0.2, 0.25) is 5.91 Å². The highest BCUT2D eigenvalue weighted by atomic mass is 16.5. The molecule has 1 rings (SSSR count). The first-order chi connectivity index (χ1) is 7.04. The number of hydrogen-bond donors (Lipinski definition) is 1. The Balaban J connectivity index is 3.11. The van der Waals surface area contributed by atoms with Crippen molar-refractivity contribution in [2.24, 2.45) is 5.73 Å². The molecule has 15 heavy (non-hydrogen) atoms. The molecule has 0 aromatic heterocycles. The molecule has 4 nitrogen and oxygen atoms in total. The van der Waals surface area contributed by atoms with Crippen LogP contribution < -0.4 is 10.5 Å². The molecule has 0 saturated heterocycles. The van der Waals surface area contributed by atoms with E-state index in [4.69, 9.17) is 15.7 Å². The minimum Gasteiger partial charge on any atom is -0.490 e. The number of amides is 1. The van der Waals surface area contributed by atoms with Crippen molar-refractivity contribution in [3.05, 3.63) is 29.3 Å². The zero-order valence-corrected chi connectivity index (χ0v) is 8.65. The van der Waals surface area contributed by atoms with Crippen LogP contribution in [0.15, 0.2) is 18.2 Å². The molecular formula is C11H12N2O2. The van der Waals surface area contributed by atoms with Crippen molar-refractivity contribution >= 4 is 5.91 Å². The van der Waals surface area contributed by atoms with Crippen molar-refractivity contribution in [2.75, 3.05) is 0 Å². The third kappa shape index (κ3) is 2.71. The van der Waals surface area contributed by atoms with E-state index in [2.05, 4.69) is 0 Å². The summed E-state index contributed by atoms with van der Waals surface area (Å²) >= 11 is 0. The lowest BCUT2D eigenvalue weighted by molar-refractivity contribution is 0.1000. The molecule has 1 amide bonds. The molecule has 0 unspecified atom stereocenters. The molecule has 0 fully saturated rings. The lowest BCUT2D eigenvalue weighted by Crippen LogP contribution is -2.12. The molecule has 2 N–H and O–H groups in total. The lowest BCUT2D eigenvalue weighted by Gasteiger charge is -2.11. The van der Waals surface area contributed by atoms with Crippen molar-refractivity contribution in [1.29, 1.82) is 5.26 Å². The van der Waals surface area contributed by atoms with E-state index in [0.29, 0.717) is 16.9 Å². The van der Waals surface area contributed by atoms with Gasteiger partial charge < -0.3 is 10.5 Å². The van der Waals surface area contributed by atoms with Gasteiger partial charge in [-0.1, -0.05) is 0 Å². The van der Waals surface area contributed by atoms with Crippen LogP contribution in [-0.4, -0.2) is 12.0 Å². The molecule has 0 spiro atoms. The lowest BCUT2D eigenvalue weighted by atomic mass is 10.1. The van der Waals surface area contributed by atoms with Crippen molar-refractivity contribution < 1.29 is 9.53 Å². The van der Waals surface area contributed by atoms with Gasteiger partial charge in [-0.3, -0.25) is 4.79 Å². The summed E-state index contributed by atoms with van der Waals surface area (Å²) in [5, 5.41) is 8.86. The van der Waals surface area contributed by atoms with Gasteiger partial charge in [0.25, 0.3) is 0 Å². The van der Waals surface area contributed by atoms with E-state index >= 15 is 0 Å². The van der Waals surface area contributed by atoms with E-state index < -0.39 is 5.91 Å². The molecular weight excluding hydrogens is 192 g/mol. The molecule has 1 aromatic rings. The first-order valence-electron chi connectivity index (χ1n) is 4.55. The highest BCUT2D eigenvalue weighted by Gasteiger charge is 2.08. The zero-order valence-electron chi connectivity index (χ0n) is 8.65. The van der Waals surface area contributed by atoms with Gasteiger partial charge in [-0.15, -0.1) is 0 Å². The highest BCUT2D eigenvalue weighted by Crippen LogP contribution is 2.20. The number of nitrogens with zero attached hydrogens (tertiary/aromatic N) is 1. The van der Waals surface area contributed by atoms with E-state index in [1.807, 2.05) is 19.9 Å². The van der Waals surface area contributed by atoms with Crippen LogP contribution in [0.5, 0.6) is 5.75 Å². The Labute approximate surface area is 88.3 Å². The van der Waals surface area contributed by atoms with E-state index in [-0.39, 0.29) is 6.10 Å². The molecule has 0 aliphatic heterocycles. The first kappa shape index (κ1) is 11.1. The molecule has 0 aliphatic carbocycles. The summed E-state index contributed by atoms with van der Waals surface area (Å²) in [6, 6.07) is 6.52. The second kappa shape index (κ2) is 4.47. The maximum atomic E-state index is 10.9. The monoisotopic (exact) mass is 204 g/mol. The molecule has 0 atom stereocenters. The minimum absolute atomic E-state index is 0.0171. The predicted molar refractivity (Wildman–Crippen MR) is 55.4 cm³/mol. The van der Waals surface area contributed by atoms with E-state index in [1.54, 1.807) is 12.1 Å². The first-order valence-corrected chi connectivity index (χ1v) is 4.55. The predicted octanol–water partition coefficient (Wildman–Crippen LogP) is 1.44. The van der Waals surface area contributed by atoms with Crippen LogP contribution in [0.4, 0.5) is 0 Å². The van der Waals surface area contributed by atoms with Gasteiger partial charge in [0.1, 0.15) is 11.8 Å². The second-order valence-corrected chi connectivity index (χ2v) is 3.35. The van der Waals surface area contributed by atoms with Gasteiger partial charge in [0.05, 0.1) is 11.7 Å². The largest absolute Gasteiger partial charge is 0.490 e. The average molecular weight is 204 g/mol. The Kier molecular flexibility index (Phi) is 3.29. The van der Waals surface area contributed by atoms with E-state index in [1.165, 1.54) is 6.07 Å². The molecule has 0 bridgehead atoms. The minimum atomic E-state index is -0.553. The summed E-state index contributed by atoms with van der Waals surface area (Å²) < 4.78 is 5.40. The number of primary amides is 1. The van der Waals surface area contributed by atoms with Crippen LogP contribution in [0.1, 0.15) is 29.8 Å². The quantitative estimate of drug-likeness (QED) is 0.809. The van der Waals surface area contributed by atoms with E-state index in [0.717, 1.165) is 0 Å². The zero-order chi connectivity index (χ0) is 11.4. The number of hydrogen-bond acceptors (Lipinski definition) is 3. The molecule has 78 valence electrons. The molecule has 0 heterocycles. The maximum absolute atomic E-state index is 10.9. The third-order valence-corrected chi connectivity index (χ3v) is 1.75. The Bertz CT molecular complexity index is 419. The fourth-order valence-electron chi connectivity index (χ4n) is 1.13. The van der Waals surface area contributed by atoms with Crippen LogP contribution in [0, 0.1) is 11.3 Å². The summed E-state index contributed by atoms with van der Waals surface area (Å²) in [4.78, 5) is 10.9. The van der Waals surface area contributed by atoms with Crippen LogP contribution in [0.25, 0.3) is 0 Å². The molecule has 4 heteroatoms. The molecule has 0 saturated carbocycles. The Hall–Kier alpha value is -2.02. The SMILES string of the molecule is CC(C)Oc1ccc(C(N)=O)cc1C#N. The summed E-state index contributed by atoms with van der Waals surface area (Å²) in [7, 11) is 0. The van der Waals surface area contributed by atoms with Crippen molar-refractivity contribution in [2.45, 2.75) is 20.0 Å². The van der Waals surface area contributed by atoms with Gasteiger partial charge in [-0.05, 0) is 32.0 Å². The normalized spacial score (nSPS) is 9.73. The maximum Gasteiger partial charge on any atom is 0.248 e. The van der Waals surface area contributed by atoms with E-state index in [9.17, 15) is 4.79 Å². The number of ether oxygens (including phenoxy) is 1. The number of carbonyl (C=O) groups excluding carboxylic acids is 1. The summed E-state index contributed by atoms with van der Waals surface area (Å²) in [5.41, 5.74) is 5.73. The van der Waals surface area contributed by atoms with Crippen molar-refractivity contribution in [3.63, 3.8) is 0 Å². The molecule has 0 aliphatic rings. The highest BCUT2D eigenvalue weighted by molar-refractivity contribution is 5.93. The summed E-state index contributed by atoms with van der Waals surface area (Å²) in [5.74, 6) is -0.0832. The summed E-state index contributed by atoms with van der Waals surface area (Å²) in [6.45, 7) is 3.73. The van der Waals surface area contributed by atoms with Gasteiger partial charge in [-0.2, -0.15) is 5.26 Å². The molecule has 1 aromatic carbocycles. The smallest absolute Gasteiger partial charge is 0.248 e. The van der Waals surface area contributed by atoms with Crippen LogP contribution >= 0.6 is 0 Å². The second-order valence-electron chi connectivity index (χ2n) is 3.35. The number of benzene rings is 1. The summed E-state index contributed by atoms with van der Waals surface area (Å²) in [6.07, 6.45) is -0.0171. The van der Waals surface area contributed by atoms with Gasteiger partial charge in [0, 0.05) is 5.56 Å². The van der Waals surface area contributed by atoms with Crippen LogP contribution in [0.2, 0.25) is 0 Å². The topological polar surface area (TPSA) is 76.1 Å². The van der Waals surface area contributed by atoms with Gasteiger partial charge in [-0.25, -0.2) is 0 Å². The number of carbonyl (C=O) groups is 1. The standard InChI is InChI=1S/C11H12N2O2/c1-7(2)15-10-4-3-8(11(13)14)5-9(10)6-12/h3-5,7H,1-2H3,(H2,13,14). The number of nitriles is 1.